The van der Waals surface area contributed by atoms with E-state index in [2.05, 4.69) is 0 Å². The lowest BCUT2D eigenvalue weighted by atomic mass is 10.2. The summed E-state index contributed by atoms with van der Waals surface area (Å²) in [5, 5.41) is 0. The number of ether oxygens (including phenoxy) is 1. The van der Waals surface area contributed by atoms with Crippen molar-refractivity contribution in [3.63, 3.8) is 0 Å². The van der Waals surface area contributed by atoms with Crippen molar-refractivity contribution in [2.75, 3.05) is 19.6 Å². The molecule has 0 aromatic heterocycles. The number of methoxy groups -OCH3 is 1. The molecule has 3 aromatic rings. The summed E-state index contributed by atoms with van der Waals surface area (Å²) < 4.78 is 67.0. The minimum Gasteiger partial charge on any atom is -0.493 e. The Morgan fingerprint density at radius 2 is 1.25 bits per heavy atom. The van der Waals surface area contributed by atoms with Crippen LogP contribution in [-0.4, -0.2) is 36.5 Å². The highest BCUT2D eigenvalue weighted by atomic mass is 32.3. The van der Waals surface area contributed by atoms with E-state index in [0.717, 1.165) is 10.5 Å². The molecular weight excluding hydrogens is 472 g/mol. The molecule has 0 fully saturated rings. The Balaban J connectivity index is 1.90. The van der Waals surface area contributed by atoms with Crippen LogP contribution in [0.3, 0.4) is 0 Å². The van der Waals surface area contributed by atoms with E-state index >= 15 is 0 Å². The first-order valence-corrected chi connectivity index (χ1v) is 14.6. The molecule has 0 radical (unpaired) electrons. The Morgan fingerprint density at radius 1 is 0.656 bits per heavy atom. The van der Waals surface area contributed by atoms with Crippen LogP contribution < -0.4 is 8.92 Å². The summed E-state index contributed by atoms with van der Waals surface area (Å²) in [6.45, 7) is 1.84. The smallest absolute Gasteiger partial charge is 0.339 e. The van der Waals surface area contributed by atoms with Crippen LogP contribution in [0.5, 0.6) is 11.5 Å². The molecule has 0 amide bonds. The van der Waals surface area contributed by atoms with Crippen molar-refractivity contribution in [2.24, 2.45) is 0 Å². The first-order valence-electron chi connectivity index (χ1n) is 9.38. The zero-order valence-corrected chi connectivity index (χ0v) is 20.5. The van der Waals surface area contributed by atoms with Crippen LogP contribution in [0.2, 0.25) is 0 Å². The van der Waals surface area contributed by atoms with Crippen molar-refractivity contribution in [3.8, 4) is 11.5 Å². The van der Waals surface area contributed by atoms with Gasteiger partial charge in [0.15, 0.2) is 11.5 Å². The molecule has 0 bridgehead atoms. The molecule has 0 N–H and O–H groups in total. The van der Waals surface area contributed by atoms with E-state index < -0.39 is 30.5 Å². The van der Waals surface area contributed by atoms with E-state index in [9.17, 15) is 16.8 Å². The number of aryl methyl sites for hydroxylation is 1. The maximum absolute atomic E-state index is 12.9. The third-order valence-corrected chi connectivity index (χ3v) is 10.1. The second kappa shape index (κ2) is 9.14. The first kappa shape index (κ1) is 24.1. The number of benzene rings is 3. The Kier molecular flexibility index (Phi) is 6.89. The molecule has 0 saturated heterocycles. The van der Waals surface area contributed by atoms with Gasteiger partial charge in [0.2, 0.25) is 0 Å². The fraction of sp³-hybridized carbons (Fsp3) is 0.182. The zero-order valence-electron chi connectivity index (χ0n) is 18.0. The van der Waals surface area contributed by atoms with Crippen molar-refractivity contribution in [1.29, 1.82) is 0 Å². The molecule has 0 heterocycles. The molecule has 3 aromatic carbocycles. The molecule has 0 spiro atoms. The molecule has 0 aliphatic rings. The van der Waals surface area contributed by atoms with Crippen LogP contribution in [0, 0.1) is 6.92 Å². The summed E-state index contributed by atoms with van der Waals surface area (Å²) in [4.78, 5) is 0.559. The Hall–Kier alpha value is -2.53. The minimum absolute atomic E-state index is 0.0293. The third kappa shape index (κ3) is 5.44. The second-order valence-electron chi connectivity index (χ2n) is 7.23. The second-order valence-corrected chi connectivity index (χ2v) is 13.6. The monoisotopic (exact) mass is 496 g/mol. The van der Waals surface area contributed by atoms with E-state index in [-0.39, 0.29) is 21.3 Å². The standard InChI is InChI=1S/C22H24O7S3/c1-17-10-12-19(13-11-17)31(23,24)28-21-15-14-20(16-22(21)27-2)32(25,26)29-30(3,4)18-8-6-5-7-9-18/h5-16H,1-4H3. The molecule has 0 atom stereocenters. The topological polar surface area (TPSA) is 96.0 Å². The van der Waals surface area contributed by atoms with Crippen LogP contribution in [0.25, 0.3) is 0 Å². The van der Waals surface area contributed by atoms with Gasteiger partial charge >= 0.3 is 20.2 Å². The Morgan fingerprint density at radius 3 is 1.84 bits per heavy atom. The normalized spacial score (nSPS) is 12.9. The van der Waals surface area contributed by atoms with Gasteiger partial charge in [0.1, 0.15) is 4.90 Å². The summed E-state index contributed by atoms with van der Waals surface area (Å²) >= 11 is 0. The predicted octanol–water partition coefficient (Wildman–Crippen LogP) is 4.51. The van der Waals surface area contributed by atoms with Crippen molar-refractivity contribution in [1.82, 2.24) is 0 Å². The van der Waals surface area contributed by atoms with Crippen LogP contribution >= 0.6 is 10.3 Å². The SMILES string of the molecule is COc1cc(S(=O)(=O)OS(C)(C)c2ccccc2)ccc1OS(=O)(=O)c1ccc(C)cc1. The van der Waals surface area contributed by atoms with Crippen LogP contribution in [0.1, 0.15) is 5.56 Å². The highest BCUT2D eigenvalue weighted by Crippen LogP contribution is 2.52. The lowest BCUT2D eigenvalue weighted by molar-refractivity contribution is 0.389. The third-order valence-electron chi connectivity index (χ3n) is 4.50. The molecule has 3 rings (SSSR count). The van der Waals surface area contributed by atoms with Crippen molar-refractivity contribution >= 4 is 30.5 Å². The van der Waals surface area contributed by atoms with E-state index in [1.807, 2.05) is 25.1 Å². The lowest BCUT2D eigenvalue weighted by Crippen LogP contribution is -2.12. The largest absolute Gasteiger partial charge is 0.493 e. The minimum atomic E-state index is -4.16. The molecule has 0 saturated carbocycles. The van der Waals surface area contributed by atoms with E-state index in [1.165, 1.54) is 37.4 Å². The molecule has 172 valence electrons. The Labute approximate surface area is 190 Å². The maximum atomic E-state index is 12.9. The maximum Gasteiger partial charge on any atom is 0.339 e. The van der Waals surface area contributed by atoms with Crippen molar-refractivity contribution in [2.45, 2.75) is 21.6 Å². The number of hydrogen-bond donors (Lipinski definition) is 0. The average molecular weight is 497 g/mol. The van der Waals surface area contributed by atoms with Crippen LogP contribution in [-0.2, 0) is 23.9 Å². The summed E-state index contributed by atoms with van der Waals surface area (Å²) in [5.74, 6) is -0.195. The van der Waals surface area contributed by atoms with Gasteiger partial charge in [-0.05, 0) is 55.8 Å². The molecule has 10 heteroatoms. The Bertz CT molecular complexity index is 1300. The van der Waals surface area contributed by atoms with Crippen molar-refractivity contribution < 1.29 is 29.4 Å². The van der Waals surface area contributed by atoms with E-state index in [0.29, 0.717) is 0 Å². The van der Waals surface area contributed by atoms with Gasteiger partial charge in [0.25, 0.3) is 0 Å². The lowest BCUT2D eigenvalue weighted by Gasteiger charge is -2.30. The van der Waals surface area contributed by atoms with Crippen LogP contribution in [0.15, 0.2) is 87.5 Å². The average Bonchev–Trinajstić information content (AvgIpc) is 2.74. The van der Waals surface area contributed by atoms with Gasteiger partial charge in [-0.1, -0.05) is 46.2 Å². The van der Waals surface area contributed by atoms with E-state index in [1.54, 1.807) is 36.8 Å². The number of hydrogen-bond acceptors (Lipinski definition) is 7. The molecule has 0 unspecified atom stereocenters. The van der Waals surface area contributed by atoms with Crippen LogP contribution in [0.4, 0.5) is 0 Å². The van der Waals surface area contributed by atoms with Gasteiger partial charge in [-0.15, -0.1) is 0 Å². The predicted molar refractivity (Wildman–Crippen MR) is 124 cm³/mol. The summed E-state index contributed by atoms with van der Waals surface area (Å²) in [7, 11) is -9.13. The van der Waals surface area contributed by atoms with Gasteiger partial charge in [-0.3, -0.25) is 0 Å². The summed E-state index contributed by atoms with van der Waals surface area (Å²) in [5.41, 5.74) is 0.900. The van der Waals surface area contributed by atoms with Gasteiger partial charge in [-0.25, -0.2) is 3.63 Å². The number of rotatable bonds is 8. The fourth-order valence-corrected chi connectivity index (χ4v) is 7.45. The summed E-state index contributed by atoms with van der Waals surface area (Å²) in [6.07, 6.45) is 3.45. The molecule has 0 aliphatic heterocycles. The molecular formula is C22H24O7S3. The van der Waals surface area contributed by atoms with Gasteiger partial charge in [0, 0.05) is 11.0 Å². The van der Waals surface area contributed by atoms with Gasteiger partial charge in [0.05, 0.1) is 12.0 Å². The first-order chi connectivity index (χ1) is 14.9. The van der Waals surface area contributed by atoms with Gasteiger partial charge < -0.3 is 8.92 Å². The quantitative estimate of drug-likeness (QED) is 0.423. The molecule has 7 nitrogen and oxygen atoms in total. The molecule has 32 heavy (non-hydrogen) atoms. The van der Waals surface area contributed by atoms with Gasteiger partial charge in [-0.2, -0.15) is 16.8 Å². The fourth-order valence-electron chi connectivity index (χ4n) is 2.79. The molecule has 0 aliphatic carbocycles. The van der Waals surface area contributed by atoms with Crippen molar-refractivity contribution in [3.05, 3.63) is 78.4 Å². The highest BCUT2D eigenvalue weighted by molar-refractivity contribution is 8.32. The summed E-state index contributed by atoms with van der Waals surface area (Å²) in [6, 6.07) is 18.8. The zero-order chi connectivity index (χ0) is 23.6. The van der Waals surface area contributed by atoms with E-state index in [4.69, 9.17) is 12.5 Å². The highest BCUT2D eigenvalue weighted by Gasteiger charge is 2.28.